The van der Waals surface area contributed by atoms with Crippen LogP contribution in [0.2, 0.25) is 0 Å². The molecule has 0 spiro atoms. The first-order chi connectivity index (χ1) is 13.6. The fraction of sp³-hybridized carbons (Fsp3) is 0.182. The molecule has 1 aliphatic carbocycles. The zero-order chi connectivity index (χ0) is 19.5. The van der Waals surface area contributed by atoms with Gasteiger partial charge in [0.1, 0.15) is 10.8 Å². The molecule has 0 radical (unpaired) electrons. The molecule has 0 atom stereocenters. The van der Waals surface area contributed by atoms with Crippen LogP contribution in [-0.2, 0) is 12.8 Å². The van der Waals surface area contributed by atoms with Gasteiger partial charge in [0.05, 0.1) is 10.0 Å². The number of halogens is 1. The average molecular weight is 455 g/mol. The Balaban J connectivity index is 1.68. The number of thiophene rings is 1. The highest BCUT2D eigenvalue weighted by Crippen LogP contribution is 2.40. The van der Waals surface area contributed by atoms with Crippen LogP contribution in [0.3, 0.4) is 0 Å². The van der Waals surface area contributed by atoms with Crippen LogP contribution in [0, 0.1) is 0 Å². The van der Waals surface area contributed by atoms with Gasteiger partial charge in [0.15, 0.2) is 0 Å². The van der Waals surface area contributed by atoms with E-state index >= 15 is 0 Å². The maximum Gasteiger partial charge on any atom is 0.259 e. The number of para-hydroxylation sites is 1. The molecule has 0 bridgehead atoms. The van der Waals surface area contributed by atoms with E-state index in [1.807, 2.05) is 30.3 Å². The molecule has 1 aromatic heterocycles. The quantitative estimate of drug-likeness (QED) is 0.467. The van der Waals surface area contributed by atoms with E-state index in [9.17, 15) is 9.90 Å². The van der Waals surface area contributed by atoms with Crippen LogP contribution in [0.15, 0.2) is 58.0 Å². The van der Waals surface area contributed by atoms with Crippen LogP contribution in [0.25, 0.3) is 0 Å². The lowest BCUT2D eigenvalue weighted by Crippen LogP contribution is -2.14. The van der Waals surface area contributed by atoms with Gasteiger partial charge in [0.2, 0.25) is 0 Å². The van der Waals surface area contributed by atoms with Crippen molar-refractivity contribution in [3.63, 3.8) is 0 Å². The predicted molar refractivity (Wildman–Crippen MR) is 118 cm³/mol. The third kappa shape index (κ3) is 4.03. The highest BCUT2D eigenvalue weighted by molar-refractivity contribution is 9.10. The first kappa shape index (κ1) is 18.9. The minimum Gasteiger partial charge on any atom is -0.507 e. The van der Waals surface area contributed by atoms with Crippen LogP contribution in [-0.4, -0.2) is 17.2 Å². The Morgan fingerprint density at radius 2 is 1.93 bits per heavy atom. The van der Waals surface area contributed by atoms with E-state index < -0.39 is 0 Å². The van der Waals surface area contributed by atoms with Gasteiger partial charge in [0.25, 0.3) is 5.91 Å². The monoisotopic (exact) mass is 454 g/mol. The van der Waals surface area contributed by atoms with Crippen molar-refractivity contribution < 1.29 is 9.90 Å². The number of fused-ring (bicyclic) bond motifs is 1. The Morgan fingerprint density at radius 1 is 1.14 bits per heavy atom. The van der Waals surface area contributed by atoms with Crippen molar-refractivity contribution in [3.8, 4) is 5.75 Å². The summed E-state index contributed by atoms with van der Waals surface area (Å²) in [7, 11) is 0. The number of nitrogens with zero attached hydrogens (tertiary/aromatic N) is 1. The van der Waals surface area contributed by atoms with Gasteiger partial charge in [-0.1, -0.05) is 18.2 Å². The number of phenolic OH excluding ortho intramolecular Hbond substituents is 1. The number of carbonyl (C=O) groups excluding carboxylic acids is 1. The van der Waals surface area contributed by atoms with Gasteiger partial charge in [-0.05, 0) is 83.1 Å². The van der Waals surface area contributed by atoms with E-state index in [1.165, 1.54) is 4.88 Å². The first-order valence-electron chi connectivity index (χ1n) is 9.15. The number of aryl methyl sites for hydroxylation is 1. The van der Waals surface area contributed by atoms with Crippen molar-refractivity contribution in [1.82, 2.24) is 0 Å². The molecule has 0 saturated carbocycles. The standard InChI is InChI=1S/C22H19BrN2O2S/c23-17-12-14(10-11-18(17)26)13-24-22-20(16-8-4-5-9-19(16)28-22)21(27)25-15-6-2-1-3-7-15/h1-3,6-7,10-13,26H,4-5,8-9H2,(H,25,27). The lowest BCUT2D eigenvalue weighted by molar-refractivity contribution is 0.102. The Kier molecular flexibility index (Phi) is 5.59. The van der Waals surface area contributed by atoms with Crippen molar-refractivity contribution >= 4 is 50.1 Å². The Bertz CT molecular complexity index is 1040. The fourth-order valence-corrected chi connectivity index (χ4v) is 4.96. The molecule has 2 aromatic carbocycles. The van der Waals surface area contributed by atoms with Crippen LogP contribution in [0.4, 0.5) is 10.7 Å². The molecule has 1 heterocycles. The molecule has 2 N–H and O–H groups in total. The van der Waals surface area contributed by atoms with E-state index in [0.717, 1.165) is 47.5 Å². The van der Waals surface area contributed by atoms with E-state index in [1.54, 1.807) is 35.8 Å². The molecular formula is C22H19BrN2O2S. The summed E-state index contributed by atoms with van der Waals surface area (Å²) >= 11 is 4.93. The van der Waals surface area contributed by atoms with Crippen molar-refractivity contribution in [2.75, 3.05) is 5.32 Å². The number of rotatable bonds is 4. The molecule has 4 rings (SSSR count). The molecule has 0 saturated heterocycles. The molecule has 4 nitrogen and oxygen atoms in total. The fourth-order valence-electron chi connectivity index (χ4n) is 3.33. The summed E-state index contributed by atoms with van der Waals surface area (Å²) in [6.45, 7) is 0. The maximum absolute atomic E-state index is 13.1. The van der Waals surface area contributed by atoms with Gasteiger partial charge in [0, 0.05) is 16.8 Å². The number of hydrogen-bond donors (Lipinski definition) is 2. The van der Waals surface area contributed by atoms with Gasteiger partial charge in [-0.15, -0.1) is 11.3 Å². The zero-order valence-electron chi connectivity index (χ0n) is 15.1. The lowest BCUT2D eigenvalue weighted by atomic mass is 9.95. The number of anilines is 1. The van der Waals surface area contributed by atoms with E-state index in [2.05, 4.69) is 26.2 Å². The van der Waals surface area contributed by atoms with Crippen LogP contribution >= 0.6 is 27.3 Å². The summed E-state index contributed by atoms with van der Waals surface area (Å²) in [5, 5.41) is 13.4. The third-order valence-electron chi connectivity index (χ3n) is 4.71. The minimum absolute atomic E-state index is 0.107. The average Bonchev–Trinajstić information content (AvgIpc) is 3.08. The van der Waals surface area contributed by atoms with Gasteiger partial charge < -0.3 is 10.4 Å². The molecular weight excluding hydrogens is 436 g/mol. The lowest BCUT2D eigenvalue weighted by Gasteiger charge is -2.12. The summed E-state index contributed by atoms with van der Waals surface area (Å²) in [5.74, 6) is 0.0799. The minimum atomic E-state index is -0.107. The number of amides is 1. The second-order valence-electron chi connectivity index (χ2n) is 6.68. The topological polar surface area (TPSA) is 61.7 Å². The van der Waals surface area contributed by atoms with Gasteiger partial charge in [-0.2, -0.15) is 0 Å². The maximum atomic E-state index is 13.1. The number of benzene rings is 2. The first-order valence-corrected chi connectivity index (χ1v) is 10.8. The number of aliphatic imine (C=N–C) groups is 1. The number of hydrogen-bond acceptors (Lipinski definition) is 4. The van der Waals surface area contributed by atoms with Crippen molar-refractivity contribution in [1.29, 1.82) is 0 Å². The summed E-state index contributed by atoms with van der Waals surface area (Å²) < 4.78 is 0.615. The zero-order valence-corrected chi connectivity index (χ0v) is 17.5. The number of aromatic hydroxyl groups is 1. The van der Waals surface area contributed by atoms with E-state index in [0.29, 0.717) is 10.0 Å². The van der Waals surface area contributed by atoms with Crippen LogP contribution in [0.5, 0.6) is 5.75 Å². The predicted octanol–water partition coefficient (Wildman–Crippen LogP) is 6.10. The molecule has 1 amide bonds. The van der Waals surface area contributed by atoms with Gasteiger partial charge in [-0.3, -0.25) is 4.79 Å². The molecule has 6 heteroatoms. The van der Waals surface area contributed by atoms with E-state index in [-0.39, 0.29) is 11.7 Å². The largest absolute Gasteiger partial charge is 0.507 e. The summed E-state index contributed by atoms with van der Waals surface area (Å²) in [5.41, 5.74) is 3.47. The third-order valence-corrected chi connectivity index (χ3v) is 6.55. The second kappa shape index (κ2) is 8.29. The molecule has 142 valence electrons. The normalized spacial score (nSPS) is 13.5. The molecule has 3 aromatic rings. The highest BCUT2D eigenvalue weighted by Gasteiger charge is 2.25. The Labute approximate surface area is 176 Å². The Hall–Kier alpha value is -2.44. The number of phenols is 1. The summed E-state index contributed by atoms with van der Waals surface area (Å²) in [4.78, 5) is 19.0. The number of nitrogens with one attached hydrogen (secondary N) is 1. The molecule has 28 heavy (non-hydrogen) atoms. The van der Waals surface area contributed by atoms with Crippen LogP contribution < -0.4 is 5.32 Å². The smallest absolute Gasteiger partial charge is 0.259 e. The van der Waals surface area contributed by atoms with Crippen molar-refractivity contribution in [2.24, 2.45) is 4.99 Å². The SMILES string of the molecule is O=C(Nc1ccccc1)c1c(N=Cc2ccc(O)c(Br)c2)sc2c1CCCC2. The summed E-state index contributed by atoms with van der Waals surface area (Å²) in [6.07, 6.45) is 5.92. The van der Waals surface area contributed by atoms with Gasteiger partial charge >= 0.3 is 0 Å². The number of carbonyl (C=O) groups is 1. The molecule has 0 unspecified atom stereocenters. The van der Waals surface area contributed by atoms with Crippen molar-refractivity contribution in [2.45, 2.75) is 25.7 Å². The molecule has 0 fully saturated rings. The molecule has 1 aliphatic rings. The summed E-state index contributed by atoms with van der Waals surface area (Å²) in [6, 6.07) is 14.7. The van der Waals surface area contributed by atoms with Crippen LogP contribution in [0.1, 0.15) is 39.2 Å². The van der Waals surface area contributed by atoms with Gasteiger partial charge in [-0.25, -0.2) is 4.99 Å². The van der Waals surface area contributed by atoms with E-state index in [4.69, 9.17) is 0 Å². The second-order valence-corrected chi connectivity index (χ2v) is 8.62. The Morgan fingerprint density at radius 3 is 2.71 bits per heavy atom. The molecule has 0 aliphatic heterocycles. The van der Waals surface area contributed by atoms with Crippen molar-refractivity contribution in [3.05, 3.63) is 74.6 Å². The highest BCUT2D eigenvalue weighted by atomic mass is 79.9.